The Morgan fingerprint density at radius 1 is 1.42 bits per heavy atom. The standard InChI is InChI=1S/C14H17BO4/c1-9(16)11-6-7-12(13(8-11)17-5)15-18-10(2)14(3,4)19-15/h6-8H,2H2,1,3-5H3. The Morgan fingerprint density at radius 3 is 2.58 bits per heavy atom. The second-order valence-corrected chi connectivity index (χ2v) is 5.01. The fourth-order valence-corrected chi connectivity index (χ4v) is 1.88. The van der Waals surface area contributed by atoms with Crippen LogP contribution in [-0.4, -0.2) is 25.6 Å². The lowest BCUT2D eigenvalue weighted by Gasteiger charge is -2.16. The van der Waals surface area contributed by atoms with Crippen LogP contribution < -0.4 is 10.2 Å². The largest absolute Gasteiger partial charge is 0.567 e. The van der Waals surface area contributed by atoms with Crippen LogP contribution in [0.1, 0.15) is 31.1 Å². The predicted molar refractivity (Wildman–Crippen MR) is 73.8 cm³/mol. The van der Waals surface area contributed by atoms with Crippen LogP contribution in [0.5, 0.6) is 5.75 Å². The summed E-state index contributed by atoms with van der Waals surface area (Å²) in [6, 6.07) is 5.22. The van der Waals surface area contributed by atoms with Gasteiger partial charge in [-0.05, 0) is 26.8 Å². The summed E-state index contributed by atoms with van der Waals surface area (Å²) in [5, 5.41) is 0. The molecule has 1 aromatic rings. The van der Waals surface area contributed by atoms with E-state index in [-0.39, 0.29) is 5.78 Å². The molecule has 0 N–H and O–H groups in total. The average molecular weight is 260 g/mol. The number of ether oxygens (including phenoxy) is 1. The molecule has 0 saturated carbocycles. The number of carbonyl (C=O) groups is 1. The first-order chi connectivity index (χ1) is 8.85. The molecule has 2 rings (SSSR count). The zero-order chi connectivity index (χ0) is 14.2. The lowest BCUT2D eigenvalue weighted by Crippen LogP contribution is -2.35. The molecule has 1 aliphatic heterocycles. The number of carbonyl (C=O) groups excluding carboxylic acids is 1. The highest BCUT2D eigenvalue weighted by Gasteiger charge is 2.44. The minimum absolute atomic E-state index is 0.0113. The number of rotatable bonds is 3. The second-order valence-electron chi connectivity index (χ2n) is 5.01. The third-order valence-electron chi connectivity index (χ3n) is 3.22. The van der Waals surface area contributed by atoms with E-state index in [9.17, 15) is 4.79 Å². The molecule has 0 amide bonds. The van der Waals surface area contributed by atoms with Crippen LogP contribution in [0.4, 0.5) is 0 Å². The van der Waals surface area contributed by atoms with E-state index in [1.165, 1.54) is 6.92 Å². The summed E-state index contributed by atoms with van der Waals surface area (Å²) in [6.07, 6.45) is 0. The third-order valence-corrected chi connectivity index (χ3v) is 3.22. The first-order valence-electron chi connectivity index (χ1n) is 6.08. The summed E-state index contributed by atoms with van der Waals surface area (Å²) in [5.41, 5.74) is 0.811. The van der Waals surface area contributed by atoms with Crippen LogP contribution in [0.25, 0.3) is 0 Å². The summed E-state index contributed by atoms with van der Waals surface area (Å²) in [5.74, 6) is 1.14. The Bertz CT molecular complexity index is 536. The fraction of sp³-hybridized carbons (Fsp3) is 0.357. The number of ketones is 1. The van der Waals surface area contributed by atoms with Gasteiger partial charge in [0.1, 0.15) is 11.4 Å². The topological polar surface area (TPSA) is 44.8 Å². The van der Waals surface area contributed by atoms with Gasteiger partial charge in [-0.3, -0.25) is 4.79 Å². The quantitative estimate of drug-likeness (QED) is 0.615. The lowest BCUT2D eigenvalue weighted by atomic mass is 9.78. The maximum atomic E-state index is 11.4. The summed E-state index contributed by atoms with van der Waals surface area (Å²) in [4.78, 5) is 11.4. The van der Waals surface area contributed by atoms with Gasteiger partial charge in [-0.25, -0.2) is 0 Å². The zero-order valence-electron chi connectivity index (χ0n) is 11.6. The minimum Gasteiger partial charge on any atom is -0.534 e. The van der Waals surface area contributed by atoms with E-state index < -0.39 is 12.7 Å². The number of hydrogen-bond donors (Lipinski definition) is 0. The van der Waals surface area contributed by atoms with Gasteiger partial charge in [0.2, 0.25) is 0 Å². The Labute approximate surface area is 113 Å². The van der Waals surface area contributed by atoms with Crippen molar-refractivity contribution in [2.24, 2.45) is 0 Å². The molecule has 1 aromatic carbocycles. The molecule has 0 atom stereocenters. The molecule has 1 heterocycles. The highest BCUT2D eigenvalue weighted by molar-refractivity contribution is 6.63. The molecule has 19 heavy (non-hydrogen) atoms. The van der Waals surface area contributed by atoms with Crippen molar-refractivity contribution in [3.63, 3.8) is 0 Å². The van der Waals surface area contributed by atoms with Crippen molar-refractivity contribution in [2.75, 3.05) is 7.11 Å². The van der Waals surface area contributed by atoms with Gasteiger partial charge in [-0.2, -0.15) is 0 Å². The number of benzene rings is 1. The molecule has 1 fully saturated rings. The molecule has 0 bridgehead atoms. The van der Waals surface area contributed by atoms with Crippen LogP contribution in [0.2, 0.25) is 0 Å². The van der Waals surface area contributed by atoms with E-state index in [1.54, 1.807) is 25.3 Å². The van der Waals surface area contributed by atoms with Crippen LogP contribution in [0.15, 0.2) is 30.5 Å². The molecule has 100 valence electrons. The molecular weight excluding hydrogens is 243 g/mol. The first kappa shape index (κ1) is 13.7. The highest BCUT2D eigenvalue weighted by Crippen LogP contribution is 2.30. The molecule has 0 radical (unpaired) electrons. The summed E-state index contributed by atoms with van der Waals surface area (Å²) >= 11 is 0. The fourth-order valence-electron chi connectivity index (χ4n) is 1.88. The van der Waals surface area contributed by atoms with E-state index in [0.717, 1.165) is 5.46 Å². The molecule has 0 unspecified atom stereocenters. The van der Waals surface area contributed by atoms with Gasteiger partial charge in [-0.1, -0.05) is 18.7 Å². The van der Waals surface area contributed by atoms with E-state index >= 15 is 0 Å². The van der Waals surface area contributed by atoms with E-state index in [1.807, 2.05) is 13.8 Å². The lowest BCUT2D eigenvalue weighted by molar-refractivity contribution is 0.101. The average Bonchev–Trinajstić information content (AvgIpc) is 2.62. The molecule has 1 saturated heterocycles. The van der Waals surface area contributed by atoms with Crippen molar-refractivity contribution in [1.82, 2.24) is 0 Å². The smallest absolute Gasteiger partial charge is 0.534 e. The van der Waals surface area contributed by atoms with Crippen LogP contribution in [0.3, 0.4) is 0 Å². The Morgan fingerprint density at radius 2 is 2.11 bits per heavy atom. The van der Waals surface area contributed by atoms with Crippen LogP contribution >= 0.6 is 0 Å². The third kappa shape index (κ3) is 2.51. The van der Waals surface area contributed by atoms with Crippen molar-refractivity contribution in [3.8, 4) is 5.75 Å². The SMILES string of the molecule is C=C1OB(c2ccc(C(C)=O)cc2OC)OC1(C)C. The van der Waals surface area contributed by atoms with Gasteiger partial charge in [0, 0.05) is 11.0 Å². The van der Waals surface area contributed by atoms with Crippen molar-refractivity contribution in [2.45, 2.75) is 26.4 Å². The van der Waals surface area contributed by atoms with Gasteiger partial charge >= 0.3 is 7.12 Å². The van der Waals surface area contributed by atoms with Crippen molar-refractivity contribution >= 4 is 18.4 Å². The van der Waals surface area contributed by atoms with Crippen LogP contribution in [-0.2, 0) is 9.31 Å². The molecule has 1 aliphatic rings. The van der Waals surface area contributed by atoms with Gasteiger partial charge in [-0.15, -0.1) is 0 Å². The number of hydrogen-bond acceptors (Lipinski definition) is 4. The van der Waals surface area contributed by atoms with E-state index in [0.29, 0.717) is 17.1 Å². The van der Waals surface area contributed by atoms with Gasteiger partial charge in [0.15, 0.2) is 5.78 Å². The van der Waals surface area contributed by atoms with Gasteiger partial charge < -0.3 is 14.0 Å². The normalized spacial score (nSPS) is 17.3. The molecule has 0 aromatic heterocycles. The molecular formula is C14H17BO4. The van der Waals surface area contributed by atoms with Crippen molar-refractivity contribution in [3.05, 3.63) is 36.1 Å². The number of Topliss-reactive ketones (excluding diaryl/α,β-unsaturated/α-hetero) is 1. The predicted octanol–water partition coefficient (Wildman–Crippen LogP) is 1.93. The molecule has 4 nitrogen and oxygen atoms in total. The Balaban J connectivity index is 2.36. The highest BCUT2D eigenvalue weighted by atomic mass is 16.7. The van der Waals surface area contributed by atoms with Gasteiger partial charge in [0.25, 0.3) is 0 Å². The molecule has 0 aliphatic carbocycles. The Hall–Kier alpha value is -1.75. The summed E-state index contributed by atoms with van der Waals surface area (Å²) in [6.45, 7) is 9.15. The minimum atomic E-state index is -0.557. The summed E-state index contributed by atoms with van der Waals surface area (Å²) in [7, 11) is 0.996. The molecule has 0 spiro atoms. The number of methoxy groups -OCH3 is 1. The zero-order valence-corrected chi connectivity index (χ0v) is 11.6. The maximum absolute atomic E-state index is 11.4. The van der Waals surface area contributed by atoms with Crippen LogP contribution in [0, 0.1) is 0 Å². The molecule has 5 heteroatoms. The maximum Gasteiger partial charge on any atom is 0.567 e. The monoisotopic (exact) mass is 260 g/mol. The Kier molecular flexibility index (Phi) is 3.41. The van der Waals surface area contributed by atoms with E-state index in [4.69, 9.17) is 14.0 Å². The van der Waals surface area contributed by atoms with E-state index in [2.05, 4.69) is 6.58 Å². The van der Waals surface area contributed by atoms with Crippen molar-refractivity contribution < 1.29 is 18.8 Å². The first-order valence-corrected chi connectivity index (χ1v) is 6.08. The summed E-state index contributed by atoms with van der Waals surface area (Å²) < 4.78 is 16.7. The van der Waals surface area contributed by atoms with Gasteiger partial charge in [0.05, 0.1) is 12.9 Å². The second kappa shape index (κ2) is 4.74. The van der Waals surface area contributed by atoms with Crippen molar-refractivity contribution in [1.29, 1.82) is 0 Å².